The predicted molar refractivity (Wildman–Crippen MR) is 44.8 cm³/mol. The summed E-state index contributed by atoms with van der Waals surface area (Å²) in [6.07, 6.45) is -0.558. The van der Waals surface area contributed by atoms with Gasteiger partial charge in [-0.3, -0.25) is 5.32 Å². The molecule has 1 aromatic rings. The topological polar surface area (TPSA) is 41.5 Å². The van der Waals surface area contributed by atoms with Crippen molar-refractivity contribution in [2.75, 3.05) is 6.61 Å². The van der Waals surface area contributed by atoms with Gasteiger partial charge in [0, 0.05) is 12.1 Å². The maximum atomic E-state index is 9.23. The Morgan fingerprint density at radius 3 is 3.17 bits per heavy atom. The van der Waals surface area contributed by atoms with Gasteiger partial charge in [-0.15, -0.1) is 0 Å². The van der Waals surface area contributed by atoms with Crippen LogP contribution < -0.4 is 10.1 Å². The van der Waals surface area contributed by atoms with Crippen molar-refractivity contribution < 1.29 is 9.84 Å². The smallest absolute Gasteiger partial charge is 0.139 e. The summed E-state index contributed by atoms with van der Waals surface area (Å²) in [6.45, 7) is 0.981. The fraction of sp³-hybridized carbons (Fsp3) is 0.333. The summed E-state index contributed by atoms with van der Waals surface area (Å²) in [7, 11) is 0. The van der Waals surface area contributed by atoms with Crippen LogP contribution in [0.3, 0.4) is 0 Å². The van der Waals surface area contributed by atoms with Gasteiger partial charge in [-0.1, -0.05) is 18.2 Å². The molecule has 12 heavy (non-hydrogen) atoms. The van der Waals surface area contributed by atoms with E-state index < -0.39 is 6.23 Å². The van der Waals surface area contributed by atoms with Crippen LogP contribution in [0.2, 0.25) is 0 Å². The highest BCUT2D eigenvalue weighted by Gasteiger charge is 2.12. The molecule has 0 fully saturated rings. The summed E-state index contributed by atoms with van der Waals surface area (Å²) in [5.74, 6) is 0.863. The Bertz CT molecular complexity index is 248. The van der Waals surface area contributed by atoms with E-state index in [0.29, 0.717) is 13.2 Å². The van der Waals surface area contributed by atoms with Crippen LogP contribution in [0.25, 0.3) is 0 Å². The lowest BCUT2D eigenvalue weighted by Crippen LogP contribution is -2.31. The van der Waals surface area contributed by atoms with Gasteiger partial charge in [0.25, 0.3) is 0 Å². The minimum absolute atomic E-state index is 0.316. The summed E-state index contributed by atoms with van der Waals surface area (Å²) in [6, 6.07) is 7.79. The molecule has 0 saturated heterocycles. The molecule has 1 heterocycles. The van der Waals surface area contributed by atoms with Gasteiger partial charge in [-0.25, -0.2) is 0 Å². The van der Waals surface area contributed by atoms with Crippen molar-refractivity contribution in [2.24, 2.45) is 0 Å². The molecule has 3 nitrogen and oxygen atoms in total. The molecule has 2 rings (SSSR count). The monoisotopic (exact) mass is 165 g/mol. The lowest BCUT2D eigenvalue weighted by atomic mass is 10.2. The minimum Gasteiger partial charge on any atom is -0.489 e. The number of hydrogen-bond donors (Lipinski definition) is 2. The standard InChI is InChI=1S/C9H11NO2/c11-9-6-12-8-4-2-1-3-7(8)5-10-9/h1-4,9-11H,5-6H2/t9-/m1/s1. The summed E-state index contributed by atoms with van der Waals surface area (Å²) in [5, 5.41) is 12.2. The number of para-hydroxylation sites is 1. The fourth-order valence-electron chi connectivity index (χ4n) is 1.25. The molecule has 1 aromatic carbocycles. The second kappa shape index (κ2) is 3.13. The molecule has 0 amide bonds. The van der Waals surface area contributed by atoms with Gasteiger partial charge in [0.15, 0.2) is 0 Å². The van der Waals surface area contributed by atoms with Crippen LogP contribution in [0.15, 0.2) is 24.3 Å². The van der Waals surface area contributed by atoms with E-state index in [0.717, 1.165) is 11.3 Å². The SMILES string of the molecule is O[C@@H]1COc2ccccc2CN1. The van der Waals surface area contributed by atoms with E-state index in [4.69, 9.17) is 4.74 Å². The van der Waals surface area contributed by atoms with Crippen molar-refractivity contribution in [3.05, 3.63) is 29.8 Å². The molecular weight excluding hydrogens is 154 g/mol. The largest absolute Gasteiger partial charge is 0.489 e. The molecule has 0 radical (unpaired) electrons. The van der Waals surface area contributed by atoms with Crippen molar-refractivity contribution in [1.29, 1.82) is 0 Å². The maximum absolute atomic E-state index is 9.23. The van der Waals surface area contributed by atoms with Gasteiger partial charge in [-0.2, -0.15) is 0 Å². The first-order valence-corrected chi connectivity index (χ1v) is 3.98. The molecule has 3 heteroatoms. The molecule has 1 aliphatic rings. The number of fused-ring (bicyclic) bond motifs is 1. The molecule has 0 aromatic heterocycles. The molecule has 0 bridgehead atoms. The number of aliphatic hydroxyl groups excluding tert-OH is 1. The number of rotatable bonds is 0. The van der Waals surface area contributed by atoms with Gasteiger partial charge in [0.05, 0.1) is 0 Å². The van der Waals surface area contributed by atoms with Gasteiger partial charge >= 0.3 is 0 Å². The average Bonchev–Trinajstić information content (AvgIpc) is 2.29. The number of benzene rings is 1. The molecular formula is C9H11NO2. The Hall–Kier alpha value is -1.06. The van der Waals surface area contributed by atoms with Crippen LogP contribution in [-0.4, -0.2) is 17.9 Å². The van der Waals surface area contributed by atoms with Gasteiger partial charge < -0.3 is 9.84 Å². The first kappa shape index (κ1) is 7.58. The molecule has 0 spiro atoms. The van der Waals surface area contributed by atoms with E-state index in [1.165, 1.54) is 0 Å². The number of nitrogens with one attached hydrogen (secondary N) is 1. The first-order chi connectivity index (χ1) is 5.86. The van der Waals surface area contributed by atoms with Crippen LogP contribution in [0.4, 0.5) is 0 Å². The quantitative estimate of drug-likeness (QED) is 0.587. The Morgan fingerprint density at radius 2 is 2.25 bits per heavy atom. The molecule has 1 aliphatic heterocycles. The molecule has 2 N–H and O–H groups in total. The third-order valence-corrected chi connectivity index (χ3v) is 1.90. The van der Waals surface area contributed by atoms with E-state index in [-0.39, 0.29) is 0 Å². The number of aliphatic hydroxyl groups is 1. The first-order valence-electron chi connectivity index (χ1n) is 3.98. The van der Waals surface area contributed by atoms with E-state index >= 15 is 0 Å². The summed E-state index contributed by atoms with van der Waals surface area (Å²) in [5.41, 5.74) is 1.09. The van der Waals surface area contributed by atoms with Gasteiger partial charge in [0.1, 0.15) is 18.6 Å². The van der Waals surface area contributed by atoms with Crippen molar-refractivity contribution in [2.45, 2.75) is 12.8 Å². The normalized spacial score (nSPS) is 22.2. The predicted octanol–water partition coefficient (Wildman–Crippen LogP) is 0.487. The Kier molecular flexibility index (Phi) is 1.98. The van der Waals surface area contributed by atoms with E-state index in [2.05, 4.69) is 5.32 Å². The van der Waals surface area contributed by atoms with E-state index in [1.54, 1.807) is 0 Å². The highest BCUT2D eigenvalue weighted by molar-refractivity contribution is 5.33. The second-order valence-electron chi connectivity index (χ2n) is 2.82. The zero-order valence-corrected chi connectivity index (χ0v) is 6.66. The summed E-state index contributed by atoms with van der Waals surface area (Å²) in [4.78, 5) is 0. The van der Waals surface area contributed by atoms with E-state index in [9.17, 15) is 5.11 Å². The van der Waals surface area contributed by atoms with Crippen LogP contribution >= 0.6 is 0 Å². The van der Waals surface area contributed by atoms with Gasteiger partial charge in [-0.05, 0) is 6.07 Å². The average molecular weight is 165 g/mol. The Morgan fingerprint density at radius 1 is 1.42 bits per heavy atom. The zero-order valence-electron chi connectivity index (χ0n) is 6.66. The lowest BCUT2D eigenvalue weighted by molar-refractivity contribution is 0.0856. The van der Waals surface area contributed by atoms with Crippen molar-refractivity contribution >= 4 is 0 Å². The molecule has 0 aliphatic carbocycles. The second-order valence-corrected chi connectivity index (χ2v) is 2.82. The van der Waals surface area contributed by atoms with Crippen molar-refractivity contribution in [1.82, 2.24) is 5.32 Å². The minimum atomic E-state index is -0.558. The van der Waals surface area contributed by atoms with Crippen LogP contribution in [0.1, 0.15) is 5.56 Å². The molecule has 64 valence electrons. The highest BCUT2D eigenvalue weighted by atomic mass is 16.5. The molecule has 0 saturated carbocycles. The van der Waals surface area contributed by atoms with Crippen LogP contribution in [0, 0.1) is 0 Å². The highest BCUT2D eigenvalue weighted by Crippen LogP contribution is 2.19. The van der Waals surface area contributed by atoms with Crippen LogP contribution in [-0.2, 0) is 6.54 Å². The number of hydrogen-bond acceptors (Lipinski definition) is 3. The Labute approximate surface area is 71.0 Å². The fourth-order valence-corrected chi connectivity index (χ4v) is 1.25. The van der Waals surface area contributed by atoms with Crippen molar-refractivity contribution in [3.63, 3.8) is 0 Å². The van der Waals surface area contributed by atoms with Crippen LogP contribution in [0.5, 0.6) is 5.75 Å². The third kappa shape index (κ3) is 1.42. The summed E-state index contributed by atoms with van der Waals surface area (Å²) >= 11 is 0. The van der Waals surface area contributed by atoms with E-state index in [1.807, 2.05) is 24.3 Å². The van der Waals surface area contributed by atoms with Gasteiger partial charge in [0.2, 0.25) is 0 Å². The zero-order chi connectivity index (χ0) is 8.39. The number of ether oxygens (including phenoxy) is 1. The summed E-state index contributed by atoms with van der Waals surface area (Å²) < 4.78 is 5.35. The Balaban J connectivity index is 2.26. The molecule has 1 atom stereocenters. The maximum Gasteiger partial charge on any atom is 0.139 e. The lowest BCUT2D eigenvalue weighted by Gasteiger charge is -2.06. The third-order valence-electron chi connectivity index (χ3n) is 1.90. The van der Waals surface area contributed by atoms with Crippen molar-refractivity contribution in [3.8, 4) is 5.75 Å². The molecule has 0 unspecified atom stereocenters.